The molecule has 1 aromatic heterocycles. The van der Waals surface area contributed by atoms with Gasteiger partial charge >= 0.3 is 5.97 Å². The first kappa shape index (κ1) is 16.2. The van der Waals surface area contributed by atoms with Gasteiger partial charge in [-0.1, -0.05) is 12.1 Å². The van der Waals surface area contributed by atoms with Crippen LogP contribution in [0, 0.1) is 6.92 Å². The molecule has 1 amide bonds. The van der Waals surface area contributed by atoms with Crippen molar-refractivity contribution in [1.82, 2.24) is 9.88 Å². The second-order valence-corrected chi connectivity index (χ2v) is 6.46. The Morgan fingerprint density at radius 3 is 2.55 bits per heavy atom. The first-order valence-corrected chi connectivity index (χ1v) is 7.65. The van der Waals surface area contributed by atoms with Gasteiger partial charge in [0.1, 0.15) is 10.5 Å². The van der Waals surface area contributed by atoms with Gasteiger partial charge in [0, 0.05) is 29.2 Å². The Labute approximate surface area is 133 Å². The number of nitrogens with zero attached hydrogens (tertiary/aromatic N) is 2. The Balaban J connectivity index is 2.33. The molecule has 0 radical (unpaired) electrons. The zero-order chi connectivity index (χ0) is 16.5. The van der Waals surface area contributed by atoms with Crippen molar-refractivity contribution in [3.05, 3.63) is 40.9 Å². The molecule has 5 nitrogen and oxygen atoms in total. The third-order valence-corrected chi connectivity index (χ3v) is 4.65. The van der Waals surface area contributed by atoms with Crippen LogP contribution in [0.15, 0.2) is 29.6 Å². The van der Waals surface area contributed by atoms with E-state index < -0.39 is 11.5 Å². The van der Waals surface area contributed by atoms with E-state index in [1.165, 1.54) is 37.1 Å². The van der Waals surface area contributed by atoms with E-state index in [0.717, 1.165) is 16.3 Å². The van der Waals surface area contributed by atoms with Crippen molar-refractivity contribution in [2.75, 3.05) is 7.05 Å². The van der Waals surface area contributed by atoms with Crippen molar-refractivity contribution < 1.29 is 14.7 Å². The van der Waals surface area contributed by atoms with Crippen molar-refractivity contribution in [2.45, 2.75) is 26.3 Å². The van der Waals surface area contributed by atoms with Crippen LogP contribution in [-0.2, 0) is 4.79 Å². The van der Waals surface area contributed by atoms with Gasteiger partial charge in [-0.15, -0.1) is 11.3 Å². The summed E-state index contributed by atoms with van der Waals surface area (Å²) in [7, 11) is 1.50. The lowest BCUT2D eigenvalue weighted by molar-refractivity contribution is -0.147. The number of aliphatic carboxylic acids is 1. The van der Waals surface area contributed by atoms with E-state index >= 15 is 0 Å². The fraction of sp³-hybridized carbons (Fsp3) is 0.312. The monoisotopic (exact) mass is 318 g/mol. The Kier molecular flexibility index (Phi) is 4.32. The minimum atomic E-state index is -1.27. The van der Waals surface area contributed by atoms with Crippen LogP contribution >= 0.6 is 11.3 Å². The lowest BCUT2D eigenvalue weighted by Crippen LogP contribution is -2.50. The molecule has 0 saturated heterocycles. The fourth-order valence-corrected chi connectivity index (χ4v) is 2.66. The Hall–Kier alpha value is -2.21. The maximum Gasteiger partial charge on any atom is 0.329 e. The highest BCUT2D eigenvalue weighted by molar-refractivity contribution is 7.13. The van der Waals surface area contributed by atoms with Crippen LogP contribution in [0.5, 0.6) is 0 Å². The first-order chi connectivity index (χ1) is 10.2. The molecular formula is C16H18N2O3S. The van der Waals surface area contributed by atoms with Gasteiger partial charge in [0.05, 0.1) is 0 Å². The molecule has 0 saturated carbocycles. The van der Waals surface area contributed by atoms with Crippen molar-refractivity contribution in [3.8, 4) is 10.6 Å². The molecule has 0 atom stereocenters. The van der Waals surface area contributed by atoms with Gasteiger partial charge in [0.25, 0.3) is 5.91 Å². The highest BCUT2D eigenvalue weighted by Crippen LogP contribution is 2.25. The minimum absolute atomic E-state index is 0.331. The summed E-state index contributed by atoms with van der Waals surface area (Å²) >= 11 is 1.51. The van der Waals surface area contributed by atoms with Gasteiger partial charge in [-0.25, -0.2) is 9.78 Å². The second-order valence-electron chi connectivity index (χ2n) is 5.60. The van der Waals surface area contributed by atoms with Crippen LogP contribution in [0.1, 0.15) is 29.9 Å². The number of likely N-dealkylation sites (N-methyl/N-ethyl adjacent to an activating group) is 1. The number of aryl methyl sites for hydroxylation is 1. The molecule has 22 heavy (non-hydrogen) atoms. The van der Waals surface area contributed by atoms with Crippen LogP contribution in [0.3, 0.4) is 0 Å². The summed E-state index contributed by atoms with van der Waals surface area (Å²) in [6.07, 6.45) is 0. The molecule has 0 fully saturated rings. The quantitative estimate of drug-likeness (QED) is 0.940. The van der Waals surface area contributed by atoms with Crippen LogP contribution in [0.2, 0.25) is 0 Å². The highest BCUT2D eigenvalue weighted by Gasteiger charge is 2.35. The number of benzene rings is 1. The summed E-state index contributed by atoms with van der Waals surface area (Å²) in [5.74, 6) is -1.38. The number of amides is 1. The summed E-state index contributed by atoms with van der Waals surface area (Å²) in [4.78, 5) is 29.5. The Morgan fingerprint density at radius 1 is 1.32 bits per heavy atom. The number of carbonyl (C=O) groups excluding carboxylic acids is 1. The van der Waals surface area contributed by atoms with Gasteiger partial charge in [0.15, 0.2) is 0 Å². The average Bonchev–Trinajstić information content (AvgIpc) is 2.92. The van der Waals surface area contributed by atoms with E-state index in [0.29, 0.717) is 5.56 Å². The maximum atomic E-state index is 12.5. The van der Waals surface area contributed by atoms with E-state index in [9.17, 15) is 14.7 Å². The molecule has 0 spiro atoms. The molecular weight excluding hydrogens is 300 g/mol. The van der Waals surface area contributed by atoms with Gasteiger partial charge in [0.2, 0.25) is 0 Å². The predicted molar refractivity (Wildman–Crippen MR) is 86.1 cm³/mol. The van der Waals surface area contributed by atoms with Crippen LogP contribution in [-0.4, -0.2) is 39.5 Å². The molecule has 0 bridgehead atoms. The van der Waals surface area contributed by atoms with Gasteiger partial charge in [-0.05, 0) is 32.9 Å². The number of carboxylic acid groups (broad SMARTS) is 1. The van der Waals surface area contributed by atoms with E-state index in [1.54, 1.807) is 18.2 Å². The molecule has 6 heteroatoms. The first-order valence-electron chi connectivity index (χ1n) is 6.77. The lowest BCUT2D eigenvalue weighted by Gasteiger charge is -2.31. The fourth-order valence-electron chi connectivity index (χ4n) is 1.86. The topological polar surface area (TPSA) is 70.5 Å². The van der Waals surface area contributed by atoms with Gasteiger partial charge < -0.3 is 10.0 Å². The summed E-state index contributed by atoms with van der Waals surface area (Å²) < 4.78 is 0. The van der Waals surface area contributed by atoms with Crippen molar-refractivity contribution >= 4 is 23.2 Å². The third-order valence-electron chi connectivity index (χ3n) is 3.64. The number of rotatable bonds is 4. The Bertz CT molecular complexity index is 722. The summed E-state index contributed by atoms with van der Waals surface area (Å²) in [6.45, 7) is 4.92. The maximum absolute atomic E-state index is 12.5. The molecule has 2 aromatic rings. The molecule has 0 aliphatic heterocycles. The highest BCUT2D eigenvalue weighted by atomic mass is 32.1. The SMILES string of the molecule is Cc1csc(-c2cccc(C(=O)N(C)C(C)(C)C(=O)O)c2)n1. The largest absolute Gasteiger partial charge is 0.480 e. The minimum Gasteiger partial charge on any atom is -0.480 e. The molecule has 116 valence electrons. The van der Waals surface area contributed by atoms with Crippen molar-refractivity contribution in [1.29, 1.82) is 0 Å². The van der Waals surface area contributed by atoms with Crippen LogP contribution < -0.4 is 0 Å². The van der Waals surface area contributed by atoms with Crippen LogP contribution in [0.4, 0.5) is 0 Å². The van der Waals surface area contributed by atoms with E-state index in [1.807, 2.05) is 18.4 Å². The van der Waals surface area contributed by atoms with Crippen molar-refractivity contribution in [2.24, 2.45) is 0 Å². The number of carboxylic acids is 1. The number of aromatic nitrogens is 1. The van der Waals surface area contributed by atoms with Gasteiger partial charge in [-0.3, -0.25) is 4.79 Å². The molecule has 1 aromatic carbocycles. The normalized spacial score (nSPS) is 11.3. The van der Waals surface area contributed by atoms with E-state index in [-0.39, 0.29) is 5.91 Å². The lowest BCUT2D eigenvalue weighted by atomic mass is 10.0. The number of hydrogen-bond donors (Lipinski definition) is 1. The number of hydrogen-bond acceptors (Lipinski definition) is 4. The van der Waals surface area contributed by atoms with E-state index in [4.69, 9.17) is 0 Å². The molecule has 0 aliphatic carbocycles. The second kappa shape index (κ2) is 5.88. The van der Waals surface area contributed by atoms with Gasteiger partial charge in [-0.2, -0.15) is 0 Å². The molecule has 0 aliphatic rings. The van der Waals surface area contributed by atoms with E-state index in [2.05, 4.69) is 4.98 Å². The molecule has 1 N–H and O–H groups in total. The van der Waals surface area contributed by atoms with Crippen LogP contribution in [0.25, 0.3) is 10.6 Å². The van der Waals surface area contributed by atoms with Crippen molar-refractivity contribution in [3.63, 3.8) is 0 Å². The zero-order valence-corrected chi connectivity index (χ0v) is 13.8. The third kappa shape index (κ3) is 3.01. The summed E-state index contributed by atoms with van der Waals surface area (Å²) in [5.41, 5.74) is 0.957. The molecule has 1 heterocycles. The number of thiazole rings is 1. The summed E-state index contributed by atoms with van der Waals surface area (Å²) in [6, 6.07) is 7.09. The number of carbonyl (C=O) groups is 2. The summed E-state index contributed by atoms with van der Waals surface area (Å²) in [5, 5.41) is 12.0. The average molecular weight is 318 g/mol. The Morgan fingerprint density at radius 2 is 2.00 bits per heavy atom. The smallest absolute Gasteiger partial charge is 0.329 e. The zero-order valence-electron chi connectivity index (χ0n) is 13.0. The standard InChI is InChI=1S/C16H18N2O3S/c1-10-9-22-13(17-10)11-6-5-7-12(8-11)14(19)18(4)16(2,3)15(20)21/h5-9H,1-4H3,(H,20,21). The predicted octanol–water partition coefficient (Wildman–Crippen LogP) is 3.05. The molecule has 2 rings (SSSR count). The molecule has 0 unspecified atom stereocenters.